The lowest BCUT2D eigenvalue weighted by Gasteiger charge is -2.23. The first-order chi connectivity index (χ1) is 9.65. The van der Waals surface area contributed by atoms with Crippen LogP contribution in [0.1, 0.15) is 46.1 Å². The summed E-state index contributed by atoms with van der Waals surface area (Å²) in [7, 11) is 1.96. The van der Waals surface area contributed by atoms with Gasteiger partial charge in [-0.3, -0.25) is 9.48 Å². The van der Waals surface area contributed by atoms with E-state index in [-0.39, 0.29) is 11.9 Å². The van der Waals surface area contributed by atoms with Crippen LogP contribution >= 0.6 is 0 Å². The van der Waals surface area contributed by atoms with Crippen LogP contribution < -0.4 is 5.32 Å². The maximum absolute atomic E-state index is 12.3. The number of carbonyl (C=O) groups excluding carboxylic acids is 1. The minimum Gasteiger partial charge on any atom is -0.345 e. The molecule has 0 aliphatic heterocycles. The van der Waals surface area contributed by atoms with Gasteiger partial charge in [0.2, 0.25) is 0 Å². The van der Waals surface area contributed by atoms with Crippen LogP contribution in [0.2, 0.25) is 0 Å². The average Bonchev–Trinajstić information content (AvgIpc) is 2.82. The lowest BCUT2D eigenvalue weighted by atomic mass is 9.92. The van der Waals surface area contributed by atoms with Crippen molar-refractivity contribution in [2.75, 3.05) is 0 Å². The highest BCUT2D eigenvalue weighted by molar-refractivity contribution is 5.94. The first-order valence-corrected chi connectivity index (χ1v) is 7.03. The quantitative estimate of drug-likeness (QED) is 0.910. The van der Waals surface area contributed by atoms with Crippen LogP contribution in [0, 0.1) is 6.92 Å². The molecule has 1 aromatic heterocycles. The SMILES string of the molecule is Cc1ccc(C(=O)NC2CCCc3c2cnn3C)cc1. The van der Waals surface area contributed by atoms with Gasteiger partial charge < -0.3 is 5.32 Å². The first-order valence-electron chi connectivity index (χ1n) is 7.03. The summed E-state index contributed by atoms with van der Waals surface area (Å²) in [6, 6.07) is 7.76. The molecule has 0 fully saturated rings. The second kappa shape index (κ2) is 5.12. The third-order valence-electron chi connectivity index (χ3n) is 3.99. The molecule has 1 amide bonds. The third kappa shape index (κ3) is 2.33. The van der Waals surface area contributed by atoms with Gasteiger partial charge in [0.15, 0.2) is 0 Å². The van der Waals surface area contributed by atoms with Crippen LogP contribution in [-0.4, -0.2) is 15.7 Å². The van der Waals surface area contributed by atoms with Crippen LogP contribution in [0.3, 0.4) is 0 Å². The van der Waals surface area contributed by atoms with E-state index in [1.165, 1.54) is 11.3 Å². The number of rotatable bonds is 2. The van der Waals surface area contributed by atoms with E-state index >= 15 is 0 Å². The summed E-state index contributed by atoms with van der Waals surface area (Å²) in [6.07, 6.45) is 5.00. The molecule has 4 nitrogen and oxygen atoms in total. The Labute approximate surface area is 118 Å². The molecule has 1 aliphatic rings. The summed E-state index contributed by atoms with van der Waals surface area (Å²) in [6.45, 7) is 2.02. The lowest BCUT2D eigenvalue weighted by molar-refractivity contribution is 0.0932. The maximum Gasteiger partial charge on any atom is 0.251 e. The highest BCUT2D eigenvalue weighted by Crippen LogP contribution is 2.29. The van der Waals surface area contributed by atoms with E-state index in [4.69, 9.17) is 0 Å². The Morgan fingerprint density at radius 1 is 1.35 bits per heavy atom. The molecule has 2 aromatic rings. The van der Waals surface area contributed by atoms with Gasteiger partial charge in [-0.2, -0.15) is 5.10 Å². The zero-order valence-electron chi connectivity index (χ0n) is 11.9. The van der Waals surface area contributed by atoms with Gasteiger partial charge in [-0.15, -0.1) is 0 Å². The van der Waals surface area contributed by atoms with Crippen LogP contribution in [0.25, 0.3) is 0 Å². The largest absolute Gasteiger partial charge is 0.345 e. The molecule has 1 N–H and O–H groups in total. The van der Waals surface area contributed by atoms with Crippen molar-refractivity contribution in [1.82, 2.24) is 15.1 Å². The van der Waals surface area contributed by atoms with Crippen molar-refractivity contribution in [1.29, 1.82) is 0 Å². The van der Waals surface area contributed by atoms with Crippen molar-refractivity contribution in [3.8, 4) is 0 Å². The molecular weight excluding hydrogens is 250 g/mol. The van der Waals surface area contributed by atoms with E-state index in [0.29, 0.717) is 5.56 Å². The molecule has 104 valence electrons. The Bertz CT molecular complexity index is 628. The van der Waals surface area contributed by atoms with Gasteiger partial charge in [0.05, 0.1) is 12.2 Å². The number of fused-ring (bicyclic) bond motifs is 1. The third-order valence-corrected chi connectivity index (χ3v) is 3.99. The van der Waals surface area contributed by atoms with Gasteiger partial charge in [0.1, 0.15) is 0 Å². The molecule has 1 aliphatic carbocycles. The fraction of sp³-hybridized carbons (Fsp3) is 0.375. The van der Waals surface area contributed by atoms with Crippen LogP contribution in [-0.2, 0) is 13.5 Å². The molecule has 1 aromatic carbocycles. The monoisotopic (exact) mass is 269 g/mol. The molecule has 0 saturated carbocycles. The number of benzene rings is 1. The van der Waals surface area contributed by atoms with E-state index in [9.17, 15) is 4.79 Å². The Balaban J connectivity index is 1.78. The van der Waals surface area contributed by atoms with Crippen molar-refractivity contribution in [3.63, 3.8) is 0 Å². The van der Waals surface area contributed by atoms with Crippen molar-refractivity contribution in [2.45, 2.75) is 32.2 Å². The Kier molecular flexibility index (Phi) is 3.30. The molecule has 1 heterocycles. The van der Waals surface area contributed by atoms with E-state index in [1.807, 2.05) is 49.1 Å². The number of nitrogens with zero attached hydrogens (tertiary/aromatic N) is 2. The second-order valence-corrected chi connectivity index (χ2v) is 5.45. The van der Waals surface area contributed by atoms with Crippen molar-refractivity contribution < 1.29 is 4.79 Å². The zero-order chi connectivity index (χ0) is 14.1. The molecular formula is C16H19N3O. The summed E-state index contributed by atoms with van der Waals surface area (Å²) < 4.78 is 1.92. The molecule has 20 heavy (non-hydrogen) atoms. The molecule has 1 unspecified atom stereocenters. The smallest absolute Gasteiger partial charge is 0.251 e. The summed E-state index contributed by atoms with van der Waals surface area (Å²) in [5, 5.41) is 7.44. The van der Waals surface area contributed by atoms with E-state index < -0.39 is 0 Å². The van der Waals surface area contributed by atoms with Crippen molar-refractivity contribution in [3.05, 3.63) is 52.8 Å². The van der Waals surface area contributed by atoms with Crippen molar-refractivity contribution in [2.24, 2.45) is 7.05 Å². The van der Waals surface area contributed by atoms with Gasteiger partial charge in [0.25, 0.3) is 5.91 Å². The van der Waals surface area contributed by atoms with E-state index in [1.54, 1.807) is 0 Å². The molecule has 4 heteroatoms. The number of nitrogens with one attached hydrogen (secondary N) is 1. The predicted octanol–water partition coefficient (Wildman–Crippen LogP) is 2.54. The van der Waals surface area contributed by atoms with Gasteiger partial charge in [-0.25, -0.2) is 0 Å². The highest BCUT2D eigenvalue weighted by Gasteiger charge is 2.24. The average molecular weight is 269 g/mol. The van der Waals surface area contributed by atoms with E-state index in [0.717, 1.165) is 24.8 Å². The second-order valence-electron chi connectivity index (χ2n) is 5.45. The van der Waals surface area contributed by atoms with Crippen molar-refractivity contribution >= 4 is 5.91 Å². The topological polar surface area (TPSA) is 46.9 Å². The minimum absolute atomic E-state index is 0.00768. The zero-order valence-corrected chi connectivity index (χ0v) is 11.9. The standard InChI is InChI=1S/C16H19N3O/c1-11-6-8-12(9-7-11)16(20)18-14-4-3-5-15-13(14)10-17-19(15)2/h6-10,14H,3-5H2,1-2H3,(H,18,20). The number of hydrogen-bond donors (Lipinski definition) is 1. The van der Waals surface area contributed by atoms with Crippen LogP contribution in [0.5, 0.6) is 0 Å². The molecule has 1 atom stereocenters. The highest BCUT2D eigenvalue weighted by atomic mass is 16.1. The van der Waals surface area contributed by atoms with Crippen LogP contribution in [0.15, 0.2) is 30.5 Å². The van der Waals surface area contributed by atoms with Gasteiger partial charge in [-0.1, -0.05) is 17.7 Å². The summed E-state index contributed by atoms with van der Waals surface area (Å²) in [5.41, 5.74) is 4.28. The minimum atomic E-state index is -0.00768. The number of aryl methyl sites for hydroxylation is 2. The fourth-order valence-electron chi connectivity index (χ4n) is 2.80. The molecule has 0 spiro atoms. The van der Waals surface area contributed by atoms with Gasteiger partial charge in [-0.05, 0) is 38.3 Å². The number of aromatic nitrogens is 2. The Morgan fingerprint density at radius 3 is 2.85 bits per heavy atom. The maximum atomic E-state index is 12.3. The number of carbonyl (C=O) groups is 1. The molecule has 0 saturated heterocycles. The fourth-order valence-corrected chi connectivity index (χ4v) is 2.80. The summed E-state index contributed by atoms with van der Waals surface area (Å²) >= 11 is 0. The molecule has 3 rings (SSSR count). The predicted molar refractivity (Wildman–Crippen MR) is 77.5 cm³/mol. The van der Waals surface area contributed by atoms with Gasteiger partial charge in [0, 0.05) is 23.9 Å². The lowest BCUT2D eigenvalue weighted by Crippen LogP contribution is -2.30. The van der Waals surface area contributed by atoms with Crippen LogP contribution in [0.4, 0.5) is 0 Å². The normalized spacial score (nSPS) is 17.6. The number of hydrogen-bond acceptors (Lipinski definition) is 2. The van der Waals surface area contributed by atoms with Gasteiger partial charge >= 0.3 is 0 Å². The molecule has 0 radical (unpaired) electrons. The summed E-state index contributed by atoms with van der Waals surface area (Å²) in [4.78, 5) is 12.3. The first kappa shape index (κ1) is 12.9. The Hall–Kier alpha value is -2.10. The number of amides is 1. The van der Waals surface area contributed by atoms with E-state index in [2.05, 4.69) is 10.4 Å². The Morgan fingerprint density at radius 2 is 2.10 bits per heavy atom. The molecule has 0 bridgehead atoms. The summed E-state index contributed by atoms with van der Waals surface area (Å²) in [5.74, 6) is -0.00768.